The molecular formula is C54H94N6O15S2Si4. The molecular weight excluding hydrogens is 1150 g/mol. The number of ether oxygens (including phenoxy) is 3. The van der Waals surface area contributed by atoms with Crippen LogP contribution in [0.25, 0.3) is 0 Å². The average molecular weight is 1240 g/mol. The van der Waals surface area contributed by atoms with Crippen LogP contribution in [0.15, 0.2) is 56.0 Å². The van der Waals surface area contributed by atoms with Crippen molar-refractivity contribution in [1.82, 2.24) is 28.7 Å². The molecule has 0 bridgehead atoms. The highest BCUT2D eigenvalue weighted by molar-refractivity contribution is 7.71. The van der Waals surface area contributed by atoms with Gasteiger partial charge in [-0.25, -0.2) is 14.4 Å². The van der Waals surface area contributed by atoms with Gasteiger partial charge < -0.3 is 50.4 Å². The van der Waals surface area contributed by atoms with E-state index in [-0.39, 0.29) is 104 Å². The quantitative estimate of drug-likeness (QED) is 0.0836. The zero-order valence-corrected chi connectivity index (χ0v) is 56.6. The van der Waals surface area contributed by atoms with Crippen LogP contribution in [0.1, 0.15) is 150 Å². The van der Waals surface area contributed by atoms with Crippen molar-refractivity contribution in [3.05, 3.63) is 87.9 Å². The van der Waals surface area contributed by atoms with E-state index in [1.165, 1.54) is 27.6 Å². The first-order valence-corrected chi connectivity index (χ1v) is 37.7. The van der Waals surface area contributed by atoms with Crippen LogP contribution in [-0.2, 0) is 40.1 Å². The van der Waals surface area contributed by atoms with Crippen LogP contribution in [0.4, 0.5) is 0 Å². The van der Waals surface area contributed by atoms with Crippen LogP contribution in [0.5, 0.6) is 0 Å². The zero-order chi connectivity index (χ0) is 60.6. The number of fused-ring (bicyclic) bond motifs is 2. The monoisotopic (exact) mass is 1240 g/mol. The summed E-state index contributed by atoms with van der Waals surface area (Å²) in [6.07, 6.45) is 0.628. The van der Waals surface area contributed by atoms with Crippen LogP contribution >= 0.6 is 24.4 Å². The Labute approximate surface area is 491 Å². The maximum absolute atomic E-state index is 12.6. The molecule has 5 saturated heterocycles. The number of aliphatic hydroxyl groups excluding tert-OH is 2. The van der Waals surface area contributed by atoms with Crippen LogP contribution < -0.4 is 22.6 Å². The summed E-state index contributed by atoms with van der Waals surface area (Å²) in [5, 5.41) is 18.8. The molecule has 3 aromatic rings. The Hall–Kier alpha value is -2.69. The van der Waals surface area contributed by atoms with Crippen molar-refractivity contribution in [3.8, 4) is 0 Å². The Kier molecular flexibility index (Phi) is 22.4. The number of hydrogen-bond acceptors (Lipinski definition) is 17. The van der Waals surface area contributed by atoms with E-state index in [0.29, 0.717) is 22.5 Å². The van der Waals surface area contributed by atoms with Gasteiger partial charge in [0.25, 0.3) is 5.56 Å². The Morgan fingerprint density at radius 2 is 0.827 bits per heavy atom. The van der Waals surface area contributed by atoms with Crippen LogP contribution in [-0.4, -0.2) is 130 Å². The number of aromatic amines is 3. The normalized spacial score (nSPS) is 30.6. The lowest BCUT2D eigenvalue weighted by Gasteiger charge is -2.51. The lowest BCUT2D eigenvalue weighted by atomic mass is 10.0. The minimum absolute atomic E-state index is 0.0501. The highest BCUT2D eigenvalue weighted by Crippen LogP contribution is 2.51. The molecule has 8 heterocycles. The van der Waals surface area contributed by atoms with Crippen molar-refractivity contribution in [2.75, 3.05) is 19.8 Å². The molecule has 8 rings (SSSR count). The van der Waals surface area contributed by atoms with Gasteiger partial charge in [0.15, 0.2) is 0 Å². The molecule has 81 heavy (non-hydrogen) atoms. The minimum atomic E-state index is -2.75. The molecule has 0 saturated carbocycles. The molecule has 0 spiro atoms. The second kappa shape index (κ2) is 26.9. The van der Waals surface area contributed by atoms with Gasteiger partial charge in [0.05, 0.1) is 38.1 Å². The van der Waals surface area contributed by atoms with E-state index in [0.717, 1.165) is 0 Å². The number of aromatic nitrogens is 6. The number of nitrogens with zero attached hydrogens (tertiary/aromatic N) is 3. The summed E-state index contributed by atoms with van der Waals surface area (Å²) >= 11 is 9.94. The molecule has 3 aromatic heterocycles. The van der Waals surface area contributed by atoms with Crippen molar-refractivity contribution in [2.45, 2.75) is 231 Å². The predicted molar refractivity (Wildman–Crippen MR) is 323 cm³/mol. The fourth-order valence-corrected chi connectivity index (χ4v) is 35.4. The highest BCUT2D eigenvalue weighted by Gasteiger charge is 2.63. The summed E-state index contributed by atoms with van der Waals surface area (Å²) in [7, 11) is -10.7. The second-order valence-corrected chi connectivity index (χ2v) is 43.7. The van der Waals surface area contributed by atoms with Crippen LogP contribution in [0.3, 0.4) is 0 Å². The van der Waals surface area contributed by atoms with Crippen LogP contribution in [0, 0.1) is 27.0 Å². The predicted octanol–water partition coefficient (Wildman–Crippen LogP) is 9.21. The van der Waals surface area contributed by atoms with Gasteiger partial charge >= 0.3 is 51.3 Å². The van der Waals surface area contributed by atoms with E-state index in [1.807, 2.05) is 6.92 Å². The van der Waals surface area contributed by atoms with Crippen LogP contribution in [0.2, 0.25) is 44.3 Å². The third kappa shape index (κ3) is 13.5. The summed E-state index contributed by atoms with van der Waals surface area (Å²) in [4.78, 5) is 55.9. The van der Waals surface area contributed by atoms with Gasteiger partial charge in [-0.15, -0.1) is 0 Å². The van der Waals surface area contributed by atoms with Gasteiger partial charge in [-0.2, -0.15) is 0 Å². The standard InChI is InChI=1S/C22H40N2O6Si2.C22H40N2O5SSi2.C10H14N2O4S/c1-13(2)31(14(3)4)27-12-18-20(29-32(30-31,15(5)6)16(7)8)17(9)21(28-18)24-11-10-19(25)23-22(24)26;1-13(2)31(14(3)4)26-12-18-20(28-32(29-31,15(5)6)16(7)8)17(9)21(27-18)24-11-10-19(30)23-22(24)25;1-5-8(14)6(4-13)16-9(5)12-3-2-7(17)11-10(12)15/h10-11,13-18,20-21H,12H2,1-9H3,(H,23,25,26);10-11,13-18,20-21H,12H2,1-9H3,(H,23,25,30);2-3,5-6,8-9,13-14H,4H2,1H3,(H,11,15,17)/t2*17?,18-,20-,21-;5?,6-,8-,9-/m111/s1. The lowest BCUT2D eigenvalue weighted by molar-refractivity contribution is -0.0572. The van der Waals surface area contributed by atoms with E-state index in [9.17, 15) is 24.3 Å². The minimum Gasteiger partial charge on any atom is -0.414 e. The van der Waals surface area contributed by atoms with Gasteiger partial charge in [-0.05, 0) is 56.5 Å². The Bertz CT molecular complexity index is 2770. The van der Waals surface area contributed by atoms with Gasteiger partial charge in [-0.1, -0.05) is 156 Å². The Morgan fingerprint density at radius 3 is 1.12 bits per heavy atom. The second-order valence-electron chi connectivity index (χ2n) is 25.1. The van der Waals surface area contributed by atoms with Crippen molar-refractivity contribution in [1.29, 1.82) is 0 Å². The molecule has 3 unspecified atom stereocenters. The number of H-pyrrole nitrogens is 3. The molecule has 0 radical (unpaired) electrons. The third-order valence-corrected chi connectivity index (χ3v) is 38.2. The molecule has 27 heteroatoms. The first kappa shape index (κ1) is 67.4. The van der Waals surface area contributed by atoms with Crippen molar-refractivity contribution in [3.63, 3.8) is 0 Å². The topological polar surface area (TPSA) is 254 Å². The third-order valence-electron chi connectivity index (χ3n) is 17.2. The maximum Gasteiger partial charge on any atom is 0.335 e. The summed E-state index contributed by atoms with van der Waals surface area (Å²) in [6, 6.07) is 4.63. The fourth-order valence-electron chi connectivity index (χ4n) is 12.6. The molecule has 21 nitrogen and oxygen atoms in total. The molecule has 458 valence electrons. The first-order valence-electron chi connectivity index (χ1n) is 29.0. The average Bonchev–Trinajstić information content (AvgIpc) is 4.16. The van der Waals surface area contributed by atoms with E-state index in [2.05, 4.69) is 133 Å². The highest BCUT2D eigenvalue weighted by atomic mass is 32.1. The number of aliphatic hydroxyl groups is 2. The fraction of sp³-hybridized carbons (Fsp3) is 0.778. The molecule has 12 atom stereocenters. The Morgan fingerprint density at radius 1 is 0.506 bits per heavy atom. The molecule has 5 aliphatic heterocycles. The largest absolute Gasteiger partial charge is 0.414 e. The first-order chi connectivity index (χ1) is 37.7. The number of rotatable bonds is 12. The molecule has 5 aliphatic rings. The van der Waals surface area contributed by atoms with E-state index < -0.39 is 76.4 Å². The van der Waals surface area contributed by atoms with E-state index in [1.54, 1.807) is 29.8 Å². The van der Waals surface area contributed by atoms with E-state index >= 15 is 0 Å². The summed E-state index contributed by atoms with van der Waals surface area (Å²) in [5.41, 5.74) is 0.422. The number of nitrogens with one attached hydrogen (secondary N) is 3. The summed E-state index contributed by atoms with van der Waals surface area (Å²) in [6.45, 7) is 41.5. The molecule has 5 fully saturated rings. The van der Waals surface area contributed by atoms with E-state index in [4.69, 9.17) is 69.7 Å². The molecule has 0 amide bonds. The zero-order valence-electron chi connectivity index (χ0n) is 51.0. The lowest BCUT2D eigenvalue weighted by Crippen LogP contribution is -2.65. The molecule has 5 N–H and O–H groups in total. The molecule has 0 aliphatic carbocycles. The SMILES string of the molecule is CC1[C@@H](O)[C@@H](CO)O[C@H]1n1ccc(=S)[nH]c1=O.CC1[C@H]2O[Si](C(C)C)(C(C)C)O[Si](C(C)C)(C(C)C)OC[C@H]2O[C@H]1n1ccc(=O)[nH]c1=O.CC1[C@H]2O[Si](C(C)C)(C(C)C)O[Si](C(C)C)(C(C)C)OC[C@H]2O[C@H]1n1ccc(=S)[nH]c1=O. The van der Waals surface area contributed by atoms with Crippen molar-refractivity contribution >= 4 is 58.7 Å². The Balaban J connectivity index is 0.000000205. The van der Waals surface area contributed by atoms with Gasteiger partial charge in [0.2, 0.25) is 0 Å². The van der Waals surface area contributed by atoms with Gasteiger partial charge in [0, 0.05) is 42.4 Å². The van der Waals surface area contributed by atoms with Crippen molar-refractivity contribution < 1.29 is 50.4 Å². The van der Waals surface area contributed by atoms with Gasteiger partial charge in [-0.3, -0.25) is 33.4 Å². The molecule has 0 aromatic carbocycles. The number of hydrogen-bond donors (Lipinski definition) is 5. The maximum atomic E-state index is 12.6. The summed E-state index contributed by atoms with van der Waals surface area (Å²) in [5.74, 6) is -0.451. The van der Waals surface area contributed by atoms with Gasteiger partial charge in [0.1, 0.15) is 46.3 Å². The summed E-state index contributed by atoms with van der Waals surface area (Å²) < 4.78 is 65.6. The van der Waals surface area contributed by atoms with Crippen molar-refractivity contribution in [2.24, 2.45) is 17.8 Å². The smallest absolute Gasteiger partial charge is 0.335 e.